The average Bonchev–Trinajstić information content (AvgIpc) is 2.49. The third kappa shape index (κ3) is 4.03. The molecule has 1 aromatic carbocycles. The Morgan fingerprint density at radius 2 is 2.00 bits per heavy atom. The van der Waals surface area contributed by atoms with Crippen molar-refractivity contribution in [1.29, 1.82) is 0 Å². The lowest BCUT2D eigenvalue weighted by Gasteiger charge is -2.35. The van der Waals surface area contributed by atoms with Gasteiger partial charge in [-0.15, -0.1) is 0 Å². The van der Waals surface area contributed by atoms with Gasteiger partial charge in [-0.2, -0.15) is 0 Å². The lowest BCUT2D eigenvalue weighted by molar-refractivity contribution is 0.169. The van der Waals surface area contributed by atoms with Gasteiger partial charge >= 0.3 is 0 Å². The van der Waals surface area contributed by atoms with E-state index >= 15 is 0 Å². The van der Waals surface area contributed by atoms with Crippen molar-refractivity contribution in [3.05, 3.63) is 35.6 Å². The minimum Gasteiger partial charge on any atom is -0.313 e. The predicted molar refractivity (Wildman–Crippen MR) is 82.3 cm³/mol. The fraction of sp³-hybridized carbons (Fsp3) is 0.647. The van der Waals surface area contributed by atoms with E-state index in [0.29, 0.717) is 12.1 Å². The number of piperidine rings is 1. The van der Waals surface area contributed by atoms with Crippen LogP contribution in [0.4, 0.5) is 4.39 Å². The molecule has 2 rings (SSSR count). The lowest BCUT2D eigenvalue weighted by Crippen LogP contribution is -2.44. The Kier molecular flexibility index (Phi) is 5.99. The van der Waals surface area contributed by atoms with E-state index in [2.05, 4.69) is 24.1 Å². The summed E-state index contributed by atoms with van der Waals surface area (Å²) in [6, 6.07) is 8.01. The molecule has 0 aromatic heterocycles. The number of hydrogen-bond acceptors (Lipinski definition) is 2. The molecule has 112 valence electrons. The van der Waals surface area contributed by atoms with Gasteiger partial charge in [0.25, 0.3) is 0 Å². The minimum absolute atomic E-state index is 0.152. The van der Waals surface area contributed by atoms with Crippen LogP contribution in [0, 0.1) is 5.82 Å². The van der Waals surface area contributed by atoms with Crippen LogP contribution >= 0.6 is 0 Å². The zero-order valence-corrected chi connectivity index (χ0v) is 12.7. The molecule has 1 N–H and O–H groups in total. The molecule has 2 atom stereocenters. The standard InChI is InChI=1S/C17H27FN2/c1-3-17(14-8-10-15(18)11-9-14)20(4-2)13-16-7-5-6-12-19-16/h8-11,16-17,19H,3-7,12-13H2,1-2H3. The van der Waals surface area contributed by atoms with Crippen LogP contribution in [-0.2, 0) is 0 Å². The molecule has 0 bridgehead atoms. The highest BCUT2D eigenvalue weighted by atomic mass is 19.1. The quantitative estimate of drug-likeness (QED) is 0.852. The molecule has 1 heterocycles. The molecule has 2 unspecified atom stereocenters. The first-order valence-electron chi connectivity index (χ1n) is 7.97. The maximum Gasteiger partial charge on any atom is 0.123 e. The topological polar surface area (TPSA) is 15.3 Å². The van der Waals surface area contributed by atoms with Crippen molar-refractivity contribution in [3.8, 4) is 0 Å². The summed E-state index contributed by atoms with van der Waals surface area (Å²) in [4.78, 5) is 2.52. The summed E-state index contributed by atoms with van der Waals surface area (Å²) in [5, 5.41) is 3.62. The Labute approximate surface area is 122 Å². The summed E-state index contributed by atoms with van der Waals surface area (Å²) in [5.74, 6) is -0.152. The van der Waals surface area contributed by atoms with Crippen LogP contribution in [-0.4, -0.2) is 30.6 Å². The molecule has 0 amide bonds. The second kappa shape index (κ2) is 7.75. The first kappa shape index (κ1) is 15.5. The van der Waals surface area contributed by atoms with E-state index in [1.54, 1.807) is 12.1 Å². The van der Waals surface area contributed by atoms with Crippen molar-refractivity contribution < 1.29 is 4.39 Å². The van der Waals surface area contributed by atoms with E-state index in [4.69, 9.17) is 0 Å². The number of hydrogen-bond donors (Lipinski definition) is 1. The Morgan fingerprint density at radius 3 is 2.55 bits per heavy atom. The molecule has 20 heavy (non-hydrogen) atoms. The maximum atomic E-state index is 13.1. The monoisotopic (exact) mass is 278 g/mol. The molecule has 0 aliphatic carbocycles. The summed E-state index contributed by atoms with van der Waals surface area (Å²) in [6.07, 6.45) is 4.98. The van der Waals surface area contributed by atoms with Crippen LogP contribution in [0.3, 0.4) is 0 Å². The first-order valence-corrected chi connectivity index (χ1v) is 7.97. The highest BCUT2D eigenvalue weighted by Crippen LogP contribution is 2.25. The Balaban J connectivity index is 2.04. The van der Waals surface area contributed by atoms with Crippen LogP contribution < -0.4 is 5.32 Å². The minimum atomic E-state index is -0.152. The smallest absolute Gasteiger partial charge is 0.123 e. The van der Waals surface area contributed by atoms with Crippen molar-refractivity contribution in [2.75, 3.05) is 19.6 Å². The second-order valence-corrected chi connectivity index (χ2v) is 5.71. The highest BCUT2D eigenvalue weighted by Gasteiger charge is 2.22. The fourth-order valence-electron chi connectivity index (χ4n) is 3.23. The van der Waals surface area contributed by atoms with Crippen LogP contribution in [0.1, 0.15) is 51.1 Å². The van der Waals surface area contributed by atoms with Gasteiger partial charge in [0.15, 0.2) is 0 Å². The molecule has 1 aliphatic heterocycles. The molecule has 0 radical (unpaired) electrons. The zero-order valence-electron chi connectivity index (χ0n) is 12.7. The van der Waals surface area contributed by atoms with Crippen molar-refractivity contribution >= 4 is 0 Å². The number of likely N-dealkylation sites (N-methyl/N-ethyl adjacent to an activating group) is 1. The molecule has 1 fully saturated rings. The van der Waals surface area contributed by atoms with Gasteiger partial charge < -0.3 is 5.32 Å². The summed E-state index contributed by atoms with van der Waals surface area (Å²) in [7, 11) is 0. The number of nitrogens with zero attached hydrogens (tertiary/aromatic N) is 1. The largest absolute Gasteiger partial charge is 0.313 e. The molecule has 2 nitrogen and oxygen atoms in total. The number of nitrogens with one attached hydrogen (secondary N) is 1. The predicted octanol–water partition coefficient (Wildman–Crippen LogP) is 3.74. The van der Waals surface area contributed by atoms with Gasteiger partial charge in [-0.3, -0.25) is 4.90 Å². The average molecular weight is 278 g/mol. The Morgan fingerprint density at radius 1 is 1.25 bits per heavy atom. The molecular formula is C17H27FN2. The number of halogens is 1. The first-order chi connectivity index (χ1) is 9.74. The lowest BCUT2D eigenvalue weighted by atomic mass is 9.99. The summed E-state index contributed by atoms with van der Waals surface area (Å²) >= 11 is 0. The van der Waals surface area contributed by atoms with Gasteiger partial charge in [-0.25, -0.2) is 4.39 Å². The SMILES string of the molecule is CCC(c1ccc(F)cc1)N(CC)CC1CCCCN1. The van der Waals surface area contributed by atoms with Crippen molar-refractivity contribution in [2.45, 2.75) is 51.6 Å². The Hall–Kier alpha value is -0.930. The van der Waals surface area contributed by atoms with E-state index in [-0.39, 0.29) is 5.82 Å². The number of rotatable bonds is 6. The summed E-state index contributed by atoms with van der Waals surface area (Å²) < 4.78 is 13.1. The number of benzene rings is 1. The second-order valence-electron chi connectivity index (χ2n) is 5.71. The van der Waals surface area contributed by atoms with Crippen LogP contribution in [0.15, 0.2) is 24.3 Å². The van der Waals surface area contributed by atoms with Crippen LogP contribution in [0.2, 0.25) is 0 Å². The fourth-order valence-corrected chi connectivity index (χ4v) is 3.23. The molecular weight excluding hydrogens is 251 g/mol. The molecule has 1 saturated heterocycles. The molecule has 0 spiro atoms. The van der Waals surface area contributed by atoms with Crippen molar-refractivity contribution in [3.63, 3.8) is 0 Å². The van der Waals surface area contributed by atoms with Gasteiger partial charge in [0.05, 0.1) is 0 Å². The molecule has 3 heteroatoms. The van der Waals surface area contributed by atoms with Crippen LogP contribution in [0.5, 0.6) is 0 Å². The summed E-state index contributed by atoms with van der Waals surface area (Å²) in [6.45, 7) is 7.70. The highest BCUT2D eigenvalue weighted by molar-refractivity contribution is 5.20. The zero-order chi connectivity index (χ0) is 14.4. The van der Waals surface area contributed by atoms with E-state index in [9.17, 15) is 4.39 Å². The van der Waals surface area contributed by atoms with Gasteiger partial charge in [0.2, 0.25) is 0 Å². The van der Waals surface area contributed by atoms with Crippen LogP contribution in [0.25, 0.3) is 0 Å². The molecule has 1 aliphatic rings. The van der Waals surface area contributed by atoms with Gasteiger partial charge in [0, 0.05) is 18.6 Å². The van der Waals surface area contributed by atoms with E-state index in [1.807, 2.05) is 12.1 Å². The normalized spacial score (nSPS) is 21.1. The third-order valence-corrected chi connectivity index (χ3v) is 4.36. The van der Waals surface area contributed by atoms with Gasteiger partial charge in [0.1, 0.15) is 5.82 Å². The van der Waals surface area contributed by atoms with E-state index < -0.39 is 0 Å². The van der Waals surface area contributed by atoms with Gasteiger partial charge in [-0.05, 0) is 50.0 Å². The molecule has 1 aromatic rings. The van der Waals surface area contributed by atoms with E-state index in [0.717, 1.165) is 26.1 Å². The van der Waals surface area contributed by atoms with Crippen molar-refractivity contribution in [1.82, 2.24) is 10.2 Å². The summed E-state index contributed by atoms with van der Waals surface area (Å²) in [5.41, 5.74) is 1.23. The van der Waals surface area contributed by atoms with Crippen molar-refractivity contribution in [2.24, 2.45) is 0 Å². The molecule has 0 saturated carbocycles. The third-order valence-electron chi connectivity index (χ3n) is 4.36. The maximum absolute atomic E-state index is 13.1. The Bertz CT molecular complexity index is 384. The van der Waals surface area contributed by atoms with Gasteiger partial charge in [-0.1, -0.05) is 32.4 Å². The van der Waals surface area contributed by atoms with E-state index in [1.165, 1.54) is 24.8 Å².